The molecule has 7 nitrogen and oxygen atoms in total. The molecule has 1 unspecified atom stereocenters. The molecule has 148 valence electrons. The van der Waals surface area contributed by atoms with Gasteiger partial charge in [0, 0.05) is 24.7 Å². The van der Waals surface area contributed by atoms with Crippen molar-refractivity contribution in [3.05, 3.63) is 29.3 Å². The van der Waals surface area contributed by atoms with Crippen LogP contribution in [0.3, 0.4) is 0 Å². The zero-order chi connectivity index (χ0) is 18.9. The molecule has 3 aliphatic rings. The van der Waals surface area contributed by atoms with E-state index in [4.69, 9.17) is 0 Å². The zero-order valence-corrected chi connectivity index (χ0v) is 16.3. The summed E-state index contributed by atoms with van der Waals surface area (Å²) in [6.07, 6.45) is 7.96. The number of aromatic amines is 1. The highest BCUT2D eigenvalue weighted by atomic mass is 16.2. The van der Waals surface area contributed by atoms with Crippen LogP contribution in [0.5, 0.6) is 0 Å². The number of carbonyl (C=O) groups excluding carboxylic acids is 1. The summed E-state index contributed by atoms with van der Waals surface area (Å²) in [5.74, 6) is 0.944. The fourth-order valence-corrected chi connectivity index (χ4v) is 5.27. The van der Waals surface area contributed by atoms with Gasteiger partial charge in [-0.05, 0) is 80.4 Å². The molecule has 7 heteroatoms. The topological polar surface area (TPSA) is 78.0 Å². The average Bonchev–Trinajstić information content (AvgIpc) is 3.47. The van der Waals surface area contributed by atoms with E-state index in [2.05, 4.69) is 42.6 Å². The first-order valence-electron chi connectivity index (χ1n) is 10.7. The van der Waals surface area contributed by atoms with E-state index in [1.54, 1.807) is 0 Å². The monoisotopic (exact) mass is 380 g/mol. The van der Waals surface area contributed by atoms with E-state index in [-0.39, 0.29) is 5.92 Å². The first-order valence-corrected chi connectivity index (χ1v) is 10.7. The molecule has 1 aliphatic carbocycles. The second-order valence-electron chi connectivity index (χ2n) is 8.39. The number of likely N-dealkylation sites (tertiary alicyclic amines) is 2. The number of nitrogens with one attached hydrogen (secondary N) is 1. The first kappa shape index (κ1) is 17.8. The Morgan fingerprint density at radius 2 is 1.86 bits per heavy atom. The standard InChI is InChI=1S/C21H28N6O/c28-21(27-12-8-17(9-13-27)26-10-1-2-11-26)19-5-3-4-15-14-16(6-7-18(15)19)20-22-24-25-23-20/h6-7,14,17,19H,1-5,8-13H2,(H,22,23,24,25). The molecule has 2 saturated heterocycles. The van der Waals surface area contributed by atoms with Gasteiger partial charge in [-0.15, -0.1) is 10.2 Å². The van der Waals surface area contributed by atoms with Crippen molar-refractivity contribution in [3.63, 3.8) is 0 Å². The van der Waals surface area contributed by atoms with E-state index in [1.165, 1.54) is 37.1 Å². The van der Waals surface area contributed by atoms with Crippen LogP contribution >= 0.6 is 0 Å². The Morgan fingerprint density at radius 3 is 2.61 bits per heavy atom. The predicted octanol–water partition coefficient (Wildman–Crippen LogP) is 2.37. The quantitative estimate of drug-likeness (QED) is 0.885. The molecule has 2 fully saturated rings. The Kier molecular flexibility index (Phi) is 4.84. The minimum Gasteiger partial charge on any atom is -0.342 e. The summed E-state index contributed by atoms with van der Waals surface area (Å²) in [5, 5.41) is 14.3. The van der Waals surface area contributed by atoms with E-state index < -0.39 is 0 Å². The summed E-state index contributed by atoms with van der Waals surface area (Å²) < 4.78 is 0. The Hall–Kier alpha value is -2.28. The smallest absolute Gasteiger partial charge is 0.230 e. The maximum absolute atomic E-state index is 13.3. The highest BCUT2D eigenvalue weighted by Crippen LogP contribution is 2.35. The molecule has 1 N–H and O–H groups in total. The number of tetrazole rings is 1. The fourth-order valence-electron chi connectivity index (χ4n) is 5.27. The average molecular weight is 380 g/mol. The Morgan fingerprint density at radius 1 is 1.04 bits per heavy atom. The molecule has 3 heterocycles. The van der Waals surface area contributed by atoms with Gasteiger partial charge in [-0.2, -0.15) is 5.21 Å². The van der Waals surface area contributed by atoms with Gasteiger partial charge in [0.15, 0.2) is 0 Å². The second-order valence-corrected chi connectivity index (χ2v) is 8.39. The SMILES string of the molecule is O=C(C1CCCc2cc(-c3nn[nH]n3)ccc21)N1CCC(N2CCCC2)CC1. The van der Waals surface area contributed by atoms with Crippen molar-refractivity contribution >= 4 is 5.91 Å². The zero-order valence-electron chi connectivity index (χ0n) is 16.3. The third kappa shape index (κ3) is 3.32. The Balaban J connectivity index is 1.29. The van der Waals surface area contributed by atoms with Gasteiger partial charge in [0.25, 0.3) is 0 Å². The lowest BCUT2D eigenvalue weighted by Gasteiger charge is -2.38. The third-order valence-corrected chi connectivity index (χ3v) is 6.79. The molecule has 0 saturated carbocycles. The third-order valence-electron chi connectivity index (χ3n) is 6.79. The van der Waals surface area contributed by atoms with E-state index in [1.807, 2.05) is 6.07 Å². The largest absolute Gasteiger partial charge is 0.342 e. The maximum atomic E-state index is 13.3. The highest BCUT2D eigenvalue weighted by Gasteiger charge is 2.33. The number of aryl methyl sites for hydroxylation is 1. The fraction of sp³-hybridized carbons (Fsp3) is 0.619. The van der Waals surface area contributed by atoms with Crippen molar-refractivity contribution in [2.24, 2.45) is 0 Å². The molecule has 1 aromatic heterocycles. The van der Waals surface area contributed by atoms with Crippen molar-refractivity contribution in [1.29, 1.82) is 0 Å². The number of rotatable bonds is 3. The summed E-state index contributed by atoms with van der Waals surface area (Å²) in [6.45, 7) is 4.31. The molecular formula is C21H28N6O. The first-order chi connectivity index (χ1) is 13.8. The lowest BCUT2D eigenvalue weighted by molar-refractivity contribution is -0.134. The molecule has 5 rings (SSSR count). The van der Waals surface area contributed by atoms with Gasteiger partial charge in [0.1, 0.15) is 0 Å². The normalized spacial score (nSPS) is 23.7. The number of fused-ring (bicyclic) bond motifs is 1. The highest BCUT2D eigenvalue weighted by molar-refractivity contribution is 5.85. The van der Waals surface area contributed by atoms with Gasteiger partial charge in [-0.25, -0.2) is 0 Å². The molecule has 0 radical (unpaired) electrons. The molecule has 1 amide bonds. The minimum atomic E-state index is 0.00593. The van der Waals surface area contributed by atoms with Crippen LogP contribution in [-0.2, 0) is 11.2 Å². The van der Waals surface area contributed by atoms with Gasteiger partial charge in [-0.3, -0.25) is 4.79 Å². The van der Waals surface area contributed by atoms with Crippen LogP contribution in [-0.4, -0.2) is 68.6 Å². The summed E-state index contributed by atoms with van der Waals surface area (Å²) in [7, 11) is 0. The van der Waals surface area contributed by atoms with E-state index in [0.29, 0.717) is 17.8 Å². The number of amides is 1. The van der Waals surface area contributed by atoms with Crippen molar-refractivity contribution in [3.8, 4) is 11.4 Å². The molecule has 0 spiro atoms. The van der Waals surface area contributed by atoms with Crippen LogP contribution in [0.1, 0.15) is 55.6 Å². The van der Waals surface area contributed by atoms with Gasteiger partial charge in [0.05, 0.1) is 5.92 Å². The summed E-state index contributed by atoms with van der Waals surface area (Å²) in [4.78, 5) is 18.1. The minimum absolute atomic E-state index is 0.00593. The van der Waals surface area contributed by atoms with Gasteiger partial charge in [0.2, 0.25) is 11.7 Å². The predicted molar refractivity (Wildman–Crippen MR) is 106 cm³/mol. The number of hydrogen-bond donors (Lipinski definition) is 1. The lowest BCUT2D eigenvalue weighted by Crippen LogP contribution is -2.47. The van der Waals surface area contributed by atoms with Crippen LogP contribution < -0.4 is 0 Å². The van der Waals surface area contributed by atoms with E-state index in [0.717, 1.165) is 50.8 Å². The summed E-state index contributed by atoms with van der Waals surface area (Å²) >= 11 is 0. The van der Waals surface area contributed by atoms with Crippen LogP contribution in [0, 0.1) is 0 Å². The molecule has 1 atom stereocenters. The number of nitrogens with zero attached hydrogens (tertiary/aromatic N) is 5. The van der Waals surface area contributed by atoms with Crippen LogP contribution in [0.25, 0.3) is 11.4 Å². The maximum Gasteiger partial charge on any atom is 0.230 e. The summed E-state index contributed by atoms with van der Waals surface area (Å²) in [6, 6.07) is 6.95. The number of hydrogen-bond acceptors (Lipinski definition) is 5. The van der Waals surface area contributed by atoms with Crippen LogP contribution in [0.4, 0.5) is 0 Å². The lowest BCUT2D eigenvalue weighted by atomic mass is 9.81. The van der Waals surface area contributed by atoms with Crippen molar-refractivity contribution in [2.45, 2.75) is 56.9 Å². The number of aromatic nitrogens is 4. The molecule has 28 heavy (non-hydrogen) atoms. The van der Waals surface area contributed by atoms with Crippen molar-refractivity contribution in [1.82, 2.24) is 30.4 Å². The molecule has 0 bridgehead atoms. The molecule has 1 aromatic carbocycles. The van der Waals surface area contributed by atoms with Crippen molar-refractivity contribution < 1.29 is 4.79 Å². The Labute approximate surface area is 165 Å². The van der Waals surface area contributed by atoms with Crippen LogP contribution in [0.15, 0.2) is 18.2 Å². The number of benzene rings is 1. The second kappa shape index (κ2) is 7.62. The molecule has 2 aliphatic heterocycles. The van der Waals surface area contributed by atoms with Crippen LogP contribution in [0.2, 0.25) is 0 Å². The van der Waals surface area contributed by atoms with Crippen molar-refractivity contribution in [2.75, 3.05) is 26.2 Å². The number of carbonyl (C=O) groups is 1. The number of piperidine rings is 1. The number of H-pyrrole nitrogens is 1. The van der Waals surface area contributed by atoms with E-state index in [9.17, 15) is 4.79 Å². The van der Waals surface area contributed by atoms with Gasteiger partial charge in [-0.1, -0.05) is 12.1 Å². The van der Waals surface area contributed by atoms with Gasteiger partial charge < -0.3 is 9.80 Å². The Bertz CT molecular complexity index is 821. The van der Waals surface area contributed by atoms with E-state index >= 15 is 0 Å². The van der Waals surface area contributed by atoms with Gasteiger partial charge >= 0.3 is 0 Å². The molecular weight excluding hydrogens is 352 g/mol. The summed E-state index contributed by atoms with van der Waals surface area (Å²) in [5.41, 5.74) is 3.43. The molecule has 2 aromatic rings.